The molecule has 2 aromatic rings. The number of aromatic carboxylic acids is 1. The van der Waals surface area contributed by atoms with Crippen LogP contribution in [0.4, 0.5) is 0 Å². The van der Waals surface area contributed by atoms with Crippen molar-refractivity contribution in [2.75, 3.05) is 19.6 Å². The molecule has 0 atom stereocenters. The highest BCUT2D eigenvalue weighted by Crippen LogP contribution is 2.24. The monoisotopic (exact) mass is 421 g/mol. The first kappa shape index (κ1) is 22.5. The molecule has 1 aliphatic rings. The Morgan fingerprint density at radius 1 is 1.13 bits per heavy atom. The van der Waals surface area contributed by atoms with Crippen LogP contribution in [-0.4, -0.2) is 47.3 Å². The number of hydrogen-bond donors (Lipinski definition) is 5. The molecule has 3 rings (SSSR count). The Hall–Kier alpha value is -3.19. The van der Waals surface area contributed by atoms with Gasteiger partial charge in [0, 0.05) is 25.2 Å². The fourth-order valence-electron chi connectivity index (χ4n) is 4.05. The maximum Gasteiger partial charge on any atom is 0.335 e. The molecular formula is C24H31N5O2. The van der Waals surface area contributed by atoms with Gasteiger partial charge in [-0.2, -0.15) is 0 Å². The fraction of sp³-hybridized carbons (Fsp3) is 0.375. The van der Waals surface area contributed by atoms with Crippen LogP contribution in [0.2, 0.25) is 0 Å². The molecule has 6 N–H and O–H groups in total. The Morgan fingerprint density at radius 2 is 1.84 bits per heavy atom. The molecular weight excluding hydrogens is 390 g/mol. The van der Waals surface area contributed by atoms with E-state index in [9.17, 15) is 9.90 Å². The average Bonchev–Trinajstić information content (AvgIpc) is 2.77. The van der Waals surface area contributed by atoms with E-state index >= 15 is 0 Å². The predicted molar refractivity (Wildman–Crippen MR) is 124 cm³/mol. The maximum atomic E-state index is 11.6. The van der Waals surface area contributed by atoms with Gasteiger partial charge < -0.3 is 21.1 Å². The lowest BCUT2D eigenvalue weighted by Gasteiger charge is -2.32. The SMILES string of the molecule is CC(=N)N1CCC(CCNCc2cc(C(=O)O)cc(-c3cccc(C(=N)N)c3)c2)CC1. The molecule has 0 unspecified atom stereocenters. The number of carboxylic acid groups (broad SMARTS) is 1. The summed E-state index contributed by atoms with van der Waals surface area (Å²) in [5.74, 6) is 0.344. The van der Waals surface area contributed by atoms with Crippen molar-refractivity contribution in [2.45, 2.75) is 32.7 Å². The second-order valence-corrected chi connectivity index (χ2v) is 8.20. The lowest BCUT2D eigenvalue weighted by atomic mass is 9.93. The first-order valence-corrected chi connectivity index (χ1v) is 10.7. The Balaban J connectivity index is 1.62. The second-order valence-electron chi connectivity index (χ2n) is 8.20. The third kappa shape index (κ3) is 6.15. The normalized spacial score (nSPS) is 14.4. The quantitative estimate of drug-likeness (QED) is 0.253. The highest BCUT2D eigenvalue weighted by molar-refractivity contribution is 5.96. The van der Waals surface area contributed by atoms with Gasteiger partial charge in [-0.05, 0) is 79.6 Å². The largest absolute Gasteiger partial charge is 0.478 e. The third-order valence-corrected chi connectivity index (χ3v) is 5.89. The van der Waals surface area contributed by atoms with Crippen molar-refractivity contribution in [3.8, 4) is 11.1 Å². The lowest BCUT2D eigenvalue weighted by molar-refractivity contribution is 0.0697. The van der Waals surface area contributed by atoms with Gasteiger partial charge >= 0.3 is 5.97 Å². The van der Waals surface area contributed by atoms with Crippen LogP contribution in [0.15, 0.2) is 42.5 Å². The van der Waals surface area contributed by atoms with Gasteiger partial charge in [-0.25, -0.2) is 4.79 Å². The number of nitrogens with zero attached hydrogens (tertiary/aromatic N) is 1. The number of rotatable bonds is 8. The number of nitrogen functional groups attached to an aromatic ring is 1. The number of nitrogens with one attached hydrogen (secondary N) is 3. The number of carbonyl (C=O) groups is 1. The van der Waals surface area contributed by atoms with Crippen LogP contribution in [0.5, 0.6) is 0 Å². The molecule has 7 nitrogen and oxygen atoms in total. The Kier molecular flexibility index (Phi) is 7.41. The van der Waals surface area contributed by atoms with E-state index in [4.69, 9.17) is 16.6 Å². The summed E-state index contributed by atoms with van der Waals surface area (Å²) in [6.45, 7) is 5.24. The minimum absolute atomic E-state index is 0.0141. The molecule has 164 valence electrons. The maximum absolute atomic E-state index is 11.6. The van der Waals surface area contributed by atoms with Gasteiger partial charge in [0.2, 0.25) is 0 Å². The van der Waals surface area contributed by atoms with Crippen molar-refractivity contribution in [2.24, 2.45) is 11.7 Å². The molecule has 1 fully saturated rings. The fourth-order valence-corrected chi connectivity index (χ4v) is 4.05. The first-order valence-electron chi connectivity index (χ1n) is 10.7. The van der Waals surface area contributed by atoms with Gasteiger partial charge in [-0.1, -0.05) is 18.2 Å². The van der Waals surface area contributed by atoms with Crippen LogP contribution in [0.1, 0.15) is 47.7 Å². The number of nitrogens with two attached hydrogens (primary N) is 1. The molecule has 7 heteroatoms. The van der Waals surface area contributed by atoms with Crippen molar-refractivity contribution < 1.29 is 9.90 Å². The van der Waals surface area contributed by atoms with E-state index in [1.807, 2.05) is 31.2 Å². The zero-order valence-electron chi connectivity index (χ0n) is 17.9. The van der Waals surface area contributed by atoms with E-state index in [0.717, 1.165) is 55.6 Å². The van der Waals surface area contributed by atoms with Crippen molar-refractivity contribution in [1.82, 2.24) is 10.2 Å². The van der Waals surface area contributed by atoms with E-state index in [-0.39, 0.29) is 11.4 Å². The van der Waals surface area contributed by atoms with Crippen molar-refractivity contribution in [3.05, 3.63) is 59.2 Å². The van der Waals surface area contributed by atoms with Gasteiger partial charge in [-0.15, -0.1) is 0 Å². The summed E-state index contributed by atoms with van der Waals surface area (Å²) in [5.41, 5.74) is 9.01. The summed E-state index contributed by atoms with van der Waals surface area (Å²) in [5, 5.41) is 28.4. The number of likely N-dealkylation sites (tertiary alicyclic amines) is 1. The smallest absolute Gasteiger partial charge is 0.335 e. The molecule has 0 bridgehead atoms. The van der Waals surface area contributed by atoms with Crippen LogP contribution < -0.4 is 11.1 Å². The van der Waals surface area contributed by atoms with Crippen LogP contribution >= 0.6 is 0 Å². The lowest BCUT2D eigenvalue weighted by Crippen LogP contribution is -2.37. The van der Waals surface area contributed by atoms with E-state index in [1.54, 1.807) is 18.2 Å². The minimum Gasteiger partial charge on any atom is -0.478 e. The first-order chi connectivity index (χ1) is 14.8. The van der Waals surface area contributed by atoms with Gasteiger partial charge in [-0.3, -0.25) is 10.8 Å². The zero-order chi connectivity index (χ0) is 22.4. The molecule has 0 radical (unpaired) electrons. The van der Waals surface area contributed by atoms with Crippen molar-refractivity contribution in [1.29, 1.82) is 10.8 Å². The van der Waals surface area contributed by atoms with Gasteiger partial charge in [0.05, 0.1) is 11.4 Å². The number of carboxylic acids is 1. The Bertz CT molecular complexity index is 964. The van der Waals surface area contributed by atoms with Crippen LogP contribution in [0.25, 0.3) is 11.1 Å². The number of amidine groups is 2. The molecule has 1 heterocycles. The van der Waals surface area contributed by atoms with Crippen LogP contribution in [-0.2, 0) is 6.54 Å². The molecule has 0 amide bonds. The summed E-state index contributed by atoms with van der Waals surface area (Å²) in [6.07, 6.45) is 3.31. The van der Waals surface area contributed by atoms with Crippen LogP contribution in [0.3, 0.4) is 0 Å². The topological polar surface area (TPSA) is 126 Å². The highest BCUT2D eigenvalue weighted by atomic mass is 16.4. The van der Waals surface area contributed by atoms with E-state index in [0.29, 0.717) is 23.9 Å². The van der Waals surface area contributed by atoms with Crippen molar-refractivity contribution in [3.63, 3.8) is 0 Å². The molecule has 0 aliphatic carbocycles. The molecule has 2 aromatic carbocycles. The summed E-state index contributed by atoms with van der Waals surface area (Å²) >= 11 is 0. The third-order valence-electron chi connectivity index (χ3n) is 5.89. The van der Waals surface area contributed by atoms with Gasteiger partial charge in [0.25, 0.3) is 0 Å². The number of benzene rings is 2. The standard InChI is InChI=1S/C24H31N5O2/c1-16(25)29-9-6-17(7-10-29)5-8-28-15-18-11-21(14-22(12-18)24(30)31)19-3-2-4-20(13-19)23(26)27/h2-4,11-14,17,25,28H,5-10,15H2,1H3,(H3,26,27)(H,30,31). The molecule has 1 aliphatic heterocycles. The molecule has 0 saturated carbocycles. The molecule has 0 aromatic heterocycles. The van der Waals surface area contributed by atoms with E-state index in [2.05, 4.69) is 10.2 Å². The Morgan fingerprint density at radius 3 is 2.48 bits per heavy atom. The van der Waals surface area contributed by atoms with E-state index in [1.165, 1.54) is 0 Å². The second kappa shape index (κ2) is 10.2. The van der Waals surface area contributed by atoms with Gasteiger partial charge in [0.15, 0.2) is 0 Å². The van der Waals surface area contributed by atoms with Crippen LogP contribution in [0, 0.1) is 16.7 Å². The van der Waals surface area contributed by atoms with Gasteiger partial charge in [0.1, 0.15) is 5.84 Å². The summed E-state index contributed by atoms with van der Waals surface area (Å²) < 4.78 is 0. The number of piperidine rings is 1. The number of hydrogen-bond acceptors (Lipinski definition) is 4. The summed E-state index contributed by atoms with van der Waals surface area (Å²) in [7, 11) is 0. The Labute approximate surface area is 183 Å². The van der Waals surface area contributed by atoms with Crippen molar-refractivity contribution >= 4 is 17.6 Å². The summed E-state index contributed by atoms with van der Waals surface area (Å²) in [4.78, 5) is 13.8. The average molecular weight is 422 g/mol. The zero-order valence-corrected chi connectivity index (χ0v) is 17.9. The molecule has 1 saturated heterocycles. The predicted octanol–water partition coefficient (Wildman–Crippen LogP) is 3.52. The van der Waals surface area contributed by atoms with E-state index < -0.39 is 5.97 Å². The summed E-state index contributed by atoms with van der Waals surface area (Å²) in [6, 6.07) is 12.6. The molecule has 31 heavy (non-hydrogen) atoms. The molecule has 0 spiro atoms. The highest BCUT2D eigenvalue weighted by Gasteiger charge is 2.19. The minimum atomic E-state index is -0.959.